The van der Waals surface area contributed by atoms with E-state index in [1.807, 2.05) is 0 Å². The van der Waals surface area contributed by atoms with E-state index in [4.69, 9.17) is 0 Å². The van der Waals surface area contributed by atoms with E-state index in [0.29, 0.717) is 11.3 Å². The normalized spacial score (nSPS) is 13.5. The van der Waals surface area contributed by atoms with Gasteiger partial charge in [0.15, 0.2) is 5.54 Å². The van der Waals surface area contributed by atoms with Gasteiger partial charge >= 0.3 is 5.97 Å². The summed E-state index contributed by atoms with van der Waals surface area (Å²) in [4.78, 5) is 11.8. The van der Waals surface area contributed by atoms with Crippen molar-refractivity contribution in [2.75, 3.05) is 5.32 Å². The molecule has 21 heavy (non-hydrogen) atoms. The third-order valence-corrected chi connectivity index (χ3v) is 3.41. The molecule has 0 aliphatic heterocycles. The molecule has 110 valence electrons. The molecule has 0 radical (unpaired) electrons. The zero-order valence-corrected chi connectivity index (χ0v) is 11.4. The summed E-state index contributed by atoms with van der Waals surface area (Å²) in [7, 11) is 0. The summed E-state index contributed by atoms with van der Waals surface area (Å²) in [6, 6.07) is 10.8. The molecule has 0 aromatic heterocycles. The summed E-state index contributed by atoms with van der Waals surface area (Å²) in [6.45, 7) is 1.70. The van der Waals surface area contributed by atoms with E-state index in [0.717, 1.165) is 0 Å². The van der Waals surface area contributed by atoms with Gasteiger partial charge in [0.25, 0.3) is 0 Å². The average Bonchev–Trinajstić information content (AvgIpc) is 2.45. The Balaban J connectivity index is 2.46. The second kappa shape index (κ2) is 5.91. The largest absolute Gasteiger partial charge is 0.479 e. The number of anilines is 1. The summed E-state index contributed by atoms with van der Waals surface area (Å²) in [5.41, 5.74) is -0.687. The molecule has 2 aromatic rings. The van der Waals surface area contributed by atoms with Crippen LogP contribution in [0.5, 0.6) is 0 Å². The van der Waals surface area contributed by atoms with Crippen LogP contribution in [0.2, 0.25) is 0 Å². The van der Waals surface area contributed by atoms with E-state index in [1.54, 1.807) is 13.0 Å². The monoisotopic (exact) mass is 291 g/mol. The standard InChI is InChI=1S/C16H15F2NO2/c1-2-16(15(20)21,11-6-8-12(17)9-7-11)19-14-5-3-4-13(18)10-14/h3-10,19H,2H2,1H3,(H,20,21). The smallest absolute Gasteiger partial charge is 0.334 e. The van der Waals surface area contributed by atoms with Crippen LogP contribution in [-0.4, -0.2) is 11.1 Å². The van der Waals surface area contributed by atoms with Crippen molar-refractivity contribution in [3.8, 4) is 0 Å². The Bertz CT molecular complexity index is 643. The Hall–Kier alpha value is -2.43. The number of carboxylic acid groups (broad SMARTS) is 1. The Labute approximate surface area is 121 Å². The van der Waals surface area contributed by atoms with Gasteiger partial charge in [-0.1, -0.05) is 25.1 Å². The van der Waals surface area contributed by atoms with Crippen molar-refractivity contribution < 1.29 is 18.7 Å². The summed E-state index contributed by atoms with van der Waals surface area (Å²) >= 11 is 0. The van der Waals surface area contributed by atoms with E-state index in [1.165, 1.54) is 42.5 Å². The number of benzene rings is 2. The second-order valence-corrected chi connectivity index (χ2v) is 4.71. The van der Waals surface area contributed by atoms with E-state index >= 15 is 0 Å². The third kappa shape index (κ3) is 3.02. The van der Waals surface area contributed by atoms with Gasteiger partial charge < -0.3 is 10.4 Å². The molecular weight excluding hydrogens is 276 g/mol. The Kier molecular flexibility index (Phi) is 4.21. The lowest BCUT2D eigenvalue weighted by Gasteiger charge is -2.31. The minimum absolute atomic E-state index is 0.213. The summed E-state index contributed by atoms with van der Waals surface area (Å²) in [5, 5.41) is 12.5. The second-order valence-electron chi connectivity index (χ2n) is 4.71. The zero-order chi connectivity index (χ0) is 15.5. The minimum Gasteiger partial charge on any atom is -0.479 e. The van der Waals surface area contributed by atoms with Gasteiger partial charge in [-0.25, -0.2) is 13.6 Å². The summed E-state index contributed by atoms with van der Waals surface area (Å²) in [6.07, 6.45) is 0.213. The van der Waals surface area contributed by atoms with Crippen molar-refractivity contribution in [2.24, 2.45) is 0 Å². The lowest BCUT2D eigenvalue weighted by atomic mass is 9.87. The van der Waals surface area contributed by atoms with Gasteiger partial charge in [-0.3, -0.25) is 0 Å². The lowest BCUT2D eigenvalue weighted by Crippen LogP contribution is -2.43. The van der Waals surface area contributed by atoms with Crippen LogP contribution in [0.4, 0.5) is 14.5 Å². The predicted octanol–water partition coefficient (Wildman–Crippen LogP) is 3.77. The number of carbonyl (C=O) groups is 1. The van der Waals surface area contributed by atoms with E-state index < -0.39 is 23.1 Å². The summed E-state index contributed by atoms with van der Waals surface area (Å²) in [5.74, 6) is -2.02. The molecule has 5 heteroatoms. The molecule has 0 saturated heterocycles. The van der Waals surface area contributed by atoms with Crippen LogP contribution in [0.25, 0.3) is 0 Å². The maximum Gasteiger partial charge on any atom is 0.334 e. The molecule has 0 aliphatic rings. The molecule has 0 fully saturated rings. The molecular formula is C16H15F2NO2. The zero-order valence-electron chi connectivity index (χ0n) is 11.4. The van der Waals surface area contributed by atoms with Crippen molar-refractivity contribution in [2.45, 2.75) is 18.9 Å². The van der Waals surface area contributed by atoms with Crippen molar-refractivity contribution >= 4 is 11.7 Å². The van der Waals surface area contributed by atoms with Crippen LogP contribution in [0.15, 0.2) is 48.5 Å². The highest BCUT2D eigenvalue weighted by molar-refractivity contribution is 5.84. The molecule has 0 aliphatic carbocycles. The number of rotatable bonds is 5. The van der Waals surface area contributed by atoms with Crippen LogP contribution in [0.1, 0.15) is 18.9 Å². The molecule has 0 spiro atoms. The SMILES string of the molecule is CCC(Nc1cccc(F)c1)(C(=O)O)c1ccc(F)cc1. The number of hydrogen-bond donors (Lipinski definition) is 2. The van der Waals surface area contributed by atoms with Crippen LogP contribution in [0, 0.1) is 11.6 Å². The maximum atomic E-state index is 13.3. The van der Waals surface area contributed by atoms with Crippen molar-refractivity contribution in [3.63, 3.8) is 0 Å². The van der Waals surface area contributed by atoms with Crippen molar-refractivity contribution in [1.29, 1.82) is 0 Å². The minimum atomic E-state index is -1.44. The first kappa shape index (κ1) is 15.0. The number of halogens is 2. The van der Waals surface area contributed by atoms with E-state index in [-0.39, 0.29) is 6.42 Å². The van der Waals surface area contributed by atoms with Gasteiger partial charge in [0.1, 0.15) is 11.6 Å². The molecule has 1 atom stereocenters. The fraction of sp³-hybridized carbons (Fsp3) is 0.188. The molecule has 2 N–H and O–H groups in total. The summed E-state index contributed by atoms with van der Waals surface area (Å²) < 4.78 is 26.3. The van der Waals surface area contributed by atoms with Crippen LogP contribution >= 0.6 is 0 Å². The number of aliphatic carboxylic acids is 1. The number of hydrogen-bond acceptors (Lipinski definition) is 2. The number of nitrogens with one attached hydrogen (secondary N) is 1. The fourth-order valence-corrected chi connectivity index (χ4v) is 2.24. The first-order chi connectivity index (χ1) is 9.98. The van der Waals surface area contributed by atoms with E-state index in [2.05, 4.69) is 5.32 Å². The predicted molar refractivity (Wildman–Crippen MR) is 76.0 cm³/mol. The number of carboxylic acids is 1. The lowest BCUT2D eigenvalue weighted by molar-refractivity contribution is -0.142. The molecule has 0 amide bonds. The average molecular weight is 291 g/mol. The quantitative estimate of drug-likeness (QED) is 0.881. The Morgan fingerprint density at radius 2 is 1.81 bits per heavy atom. The molecule has 0 heterocycles. The molecule has 2 rings (SSSR count). The first-order valence-electron chi connectivity index (χ1n) is 6.51. The Morgan fingerprint density at radius 1 is 1.14 bits per heavy atom. The van der Waals surface area contributed by atoms with Gasteiger partial charge in [0.05, 0.1) is 0 Å². The highest BCUT2D eigenvalue weighted by Crippen LogP contribution is 2.30. The molecule has 3 nitrogen and oxygen atoms in total. The topological polar surface area (TPSA) is 49.3 Å². The van der Waals surface area contributed by atoms with Gasteiger partial charge in [-0.15, -0.1) is 0 Å². The van der Waals surface area contributed by atoms with E-state index in [9.17, 15) is 18.7 Å². The van der Waals surface area contributed by atoms with Gasteiger partial charge in [-0.05, 0) is 42.3 Å². The highest BCUT2D eigenvalue weighted by atomic mass is 19.1. The van der Waals surface area contributed by atoms with Gasteiger partial charge in [0.2, 0.25) is 0 Å². The Morgan fingerprint density at radius 3 is 2.33 bits per heavy atom. The van der Waals surface area contributed by atoms with Gasteiger partial charge in [0, 0.05) is 5.69 Å². The fourth-order valence-electron chi connectivity index (χ4n) is 2.24. The first-order valence-corrected chi connectivity index (χ1v) is 6.51. The highest BCUT2D eigenvalue weighted by Gasteiger charge is 2.38. The molecule has 0 saturated carbocycles. The van der Waals surface area contributed by atoms with Crippen molar-refractivity contribution in [3.05, 3.63) is 65.7 Å². The molecule has 0 bridgehead atoms. The van der Waals surface area contributed by atoms with Crippen LogP contribution in [0.3, 0.4) is 0 Å². The molecule has 2 aromatic carbocycles. The van der Waals surface area contributed by atoms with Crippen molar-refractivity contribution in [1.82, 2.24) is 0 Å². The van der Waals surface area contributed by atoms with Gasteiger partial charge in [-0.2, -0.15) is 0 Å². The maximum absolute atomic E-state index is 13.3. The van der Waals surface area contributed by atoms with Crippen LogP contribution < -0.4 is 5.32 Å². The third-order valence-electron chi connectivity index (χ3n) is 3.41. The molecule has 1 unspecified atom stereocenters. The van der Waals surface area contributed by atoms with Crippen LogP contribution in [-0.2, 0) is 10.3 Å².